The van der Waals surface area contributed by atoms with E-state index in [1.54, 1.807) is 43.3 Å². The van der Waals surface area contributed by atoms with E-state index in [0.717, 1.165) is 28.1 Å². The summed E-state index contributed by atoms with van der Waals surface area (Å²) in [5.41, 5.74) is 2.53. The Bertz CT molecular complexity index is 1400. The van der Waals surface area contributed by atoms with E-state index in [0.29, 0.717) is 22.2 Å². The number of nitrogens with one attached hydrogen (secondary N) is 1. The molecule has 3 rings (SSSR count). The maximum absolute atomic E-state index is 14.0. The van der Waals surface area contributed by atoms with Gasteiger partial charge < -0.3 is 10.2 Å². The van der Waals surface area contributed by atoms with Gasteiger partial charge in [-0.2, -0.15) is 0 Å². The minimum atomic E-state index is -3.88. The standard InChI is InChI=1S/C29H33Cl2N3O4S/c1-4-16-32-29(36)27(17-22-10-6-5-7-11-22)33(19-23-12-8-9-13-25(23)30)28(35)20-34(39(3,37)38)24-15-14-21(2)26(31)18-24/h5-15,18,27H,4,16-17,19-20H2,1-3H3,(H,32,36)/t27-/m0/s1. The molecular formula is C29H33Cl2N3O4S. The molecule has 0 radical (unpaired) electrons. The minimum Gasteiger partial charge on any atom is -0.354 e. The number of carbonyl (C=O) groups excluding carboxylic acids is 2. The van der Waals surface area contributed by atoms with Crippen LogP contribution in [0.2, 0.25) is 10.0 Å². The van der Waals surface area contributed by atoms with Crippen LogP contribution in [0.1, 0.15) is 30.0 Å². The van der Waals surface area contributed by atoms with Crippen molar-refractivity contribution < 1.29 is 18.0 Å². The normalized spacial score (nSPS) is 12.0. The van der Waals surface area contributed by atoms with Gasteiger partial charge in [-0.25, -0.2) is 8.42 Å². The van der Waals surface area contributed by atoms with Crippen LogP contribution in [0.5, 0.6) is 0 Å². The number of hydrogen-bond donors (Lipinski definition) is 1. The van der Waals surface area contributed by atoms with Crippen molar-refractivity contribution >= 4 is 50.7 Å². The predicted molar refractivity (Wildman–Crippen MR) is 158 cm³/mol. The molecule has 3 aromatic rings. The molecule has 1 N–H and O–H groups in total. The number of carbonyl (C=O) groups is 2. The van der Waals surface area contributed by atoms with Gasteiger partial charge in [0.05, 0.1) is 11.9 Å². The Kier molecular flexibility index (Phi) is 10.8. The zero-order chi connectivity index (χ0) is 28.6. The highest BCUT2D eigenvalue weighted by Gasteiger charge is 2.33. The quantitative estimate of drug-likeness (QED) is 0.313. The molecular weight excluding hydrogens is 557 g/mol. The summed E-state index contributed by atoms with van der Waals surface area (Å²) in [7, 11) is -3.88. The van der Waals surface area contributed by atoms with Crippen molar-refractivity contribution in [3.63, 3.8) is 0 Å². The van der Waals surface area contributed by atoms with Gasteiger partial charge in [0.2, 0.25) is 21.8 Å². The smallest absolute Gasteiger partial charge is 0.244 e. The summed E-state index contributed by atoms with van der Waals surface area (Å²) >= 11 is 12.7. The molecule has 208 valence electrons. The fourth-order valence-corrected chi connectivity index (χ4v) is 5.29. The molecule has 10 heteroatoms. The van der Waals surface area contributed by atoms with E-state index in [1.165, 1.54) is 11.0 Å². The van der Waals surface area contributed by atoms with Gasteiger partial charge in [0, 0.05) is 29.6 Å². The monoisotopic (exact) mass is 589 g/mol. The van der Waals surface area contributed by atoms with E-state index >= 15 is 0 Å². The SMILES string of the molecule is CCCNC(=O)[C@H](Cc1ccccc1)N(Cc1ccccc1Cl)C(=O)CN(c1ccc(C)c(Cl)c1)S(C)(=O)=O. The molecule has 0 saturated carbocycles. The Morgan fingerprint density at radius 2 is 1.62 bits per heavy atom. The lowest BCUT2D eigenvalue weighted by atomic mass is 10.0. The Morgan fingerprint density at radius 1 is 0.949 bits per heavy atom. The van der Waals surface area contributed by atoms with Crippen molar-refractivity contribution in [2.45, 2.75) is 39.3 Å². The number of aryl methyl sites for hydroxylation is 1. The van der Waals surface area contributed by atoms with Gasteiger partial charge in [0.1, 0.15) is 12.6 Å². The first-order valence-corrected chi connectivity index (χ1v) is 15.2. The molecule has 0 aliphatic heterocycles. The molecule has 0 fully saturated rings. The van der Waals surface area contributed by atoms with Crippen LogP contribution in [0.15, 0.2) is 72.8 Å². The van der Waals surface area contributed by atoms with Crippen molar-refractivity contribution in [3.05, 3.63) is 99.5 Å². The molecule has 0 aliphatic rings. The number of halogens is 2. The third-order valence-electron chi connectivity index (χ3n) is 6.24. The van der Waals surface area contributed by atoms with Crippen LogP contribution in [0.4, 0.5) is 5.69 Å². The zero-order valence-electron chi connectivity index (χ0n) is 22.2. The Morgan fingerprint density at radius 3 is 2.23 bits per heavy atom. The van der Waals surface area contributed by atoms with Gasteiger partial charge in [-0.05, 0) is 48.2 Å². The average molecular weight is 591 g/mol. The third kappa shape index (κ3) is 8.46. The average Bonchev–Trinajstić information content (AvgIpc) is 2.90. The van der Waals surface area contributed by atoms with Gasteiger partial charge >= 0.3 is 0 Å². The molecule has 0 bridgehead atoms. The van der Waals surface area contributed by atoms with E-state index < -0.39 is 28.5 Å². The number of nitrogens with zero attached hydrogens (tertiary/aromatic N) is 2. The number of hydrogen-bond acceptors (Lipinski definition) is 4. The first-order valence-electron chi connectivity index (χ1n) is 12.6. The summed E-state index contributed by atoms with van der Waals surface area (Å²) < 4.78 is 26.7. The molecule has 0 saturated heterocycles. The largest absolute Gasteiger partial charge is 0.354 e. The van der Waals surface area contributed by atoms with E-state index in [-0.39, 0.29) is 24.6 Å². The first-order chi connectivity index (χ1) is 18.5. The summed E-state index contributed by atoms with van der Waals surface area (Å²) in [6.07, 6.45) is 1.99. The van der Waals surface area contributed by atoms with Gasteiger partial charge in [0.15, 0.2) is 0 Å². The number of rotatable bonds is 12. The van der Waals surface area contributed by atoms with Crippen LogP contribution >= 0.6 is 23.2 Å². The lowest BCUT2D eigenvalue weighted by Crippen LogP contribution is -2.53. The molecule has 0 unspecified atom stereocenters. The van der Waals surface area contributed by atoms with Gasteiger partial charge in [-0.1, -0.05) is 84.7 Å². The fourth-order valence-electron chi connectivity index (χ4n) is 4.08. The van der Waals surface area contributed by atoms with Crippen LogP contribution < -0.4 is 9.62 Å². The van der Waals surface area contributed by atoms with Crippen LogP contribution in [0, 0.1) is 6.92 Å². The second-order valence-corrected chi connectivity index (χ2v) is 12.0. The number of benzene rings is 3. The van der Waals surface area contributed by atoms with Crippen molar-refractivity contribution in [2.75, 3.05) is 23.7 Å². The molecule has 2 amide bonds. The Balaban J connectivity index is 2.06. The molecule has 7 nitrogen and oxygen atoms in total. The van der Waals surface area contributed by atoms with E-state index in [2.05, 4.69) is 5.32 Å². The molecule has 0 heterocycles. The number of amides is 2. The minimum absolute atomic E-state index is 0.0157. The first kappa shape index (κ1) is 30.5. The highest BCUT2D eigenvalue weighted by molar-refractivity contribution is 7.92. The van der Waals surface area contributed by atoms with Gasteiger partial charge in [0.25, 0.3) is 0 Å². The maximum atomic E-state index is 14.0. The molecule has 3 aromatic carbocycles. The molecule has 39 heavy (non-hydrogen) atoms. The van der Waals surface area contributed by atoms with E-state index in [1.807, 2.05) is 37.3 Å². The Hall–Kier alpha value is -3.07. The van der Waals surface area contributed by atoms with Crippen molar-refractivity contribution in [1.29, 1.82) is 0 Å². The lowest BCUT2D eigenvalue weighted by Gasteiger charge is -2.33. The summed E-state index contributed by atoms with van der Waals surface area (Å²) in [5.74, 6) is -0.880. The maximum Gasteiger partial charge on any atom is 0.244 e. The zero-order valence-corrected chi connectivity index (χ0v) is 24.6. The predicted octanol–water partition coefficient (Wildman–Crippen LogP) is 5.23. The summed E-state index contributed by atoms with van der Waals surface area (Å²) in [6.45, 7) is 3.68. The summed E-state index contributed by atoms with van der Waals surface area (Å²) in [6, 6.07) is 20.3. The van der Waals surface area contributed by atoms with Crippen LogP contribution in [-0.2, 0) is 32.6 Å². The molecule has 0 spiro atoms. The van der Waals surface area contributed by atoms with Crippen LogP contribution in [0.25, 0.3) is 0 Å². The van der Waals surface area contributed by atoms with Crippen molar-refractivity contribution in [3.8, 4) is 0 Å². The summed E-state index contributed by atoms with van der Waals surface area (Å²) in [4.78, 5) is 28.9. The number of sulfonamides is 1. The van der Waals surface area contributed by atoms with Gasteiger partial charge in [-0.15, -0.1) is 0 Å². The second kappa shape index (κ2) is 13.8. The number of anilines is 1. The van der Waals surface area contributed by atoms with Crippen LogP contribution in [-0.4, -0.2) is 50.5 Å². The van der Waals surface area contributed by atoms with Crippen molar-refractivity contribution in [1.82, 2.24) is 10.2 Å². The molecule has 0 aromatic heterocycles. The molecule has 0 aliphatic carbocycles. The van der Waals surface area contributed by atoms with Gasteiger partial charge in [-0.3, -0.25) is 13.9 Å². The van der Waals surface area contributed by atoms with Crippen molar-refractivity contribution in [2.24, 2.45) is 0 Å². The molecule has 1 atom stereocenters. The fraction of sp³-hybridized carbons (Fsp3) is 0.310. The van der Waals surface area contributed by atoms with E-state index in [9.17, 15) is 18.0 Å². The highest BCUT2D eigenvalue weighted by Crippen LogP contribution is 2.26. The van der Waals surface area contributed by atoms with E-state index in [4.69, 9.17) is 23.2 Å². The lowest BCUT2D eigenvalue weighted by molar-refractivity contribution is -0.140. The van der Waals surface area contributed by atoms with Crippen LogP contribution in [0.3, 0.4) is 0 Å². The Labute approximate surface area is 240 Å². The third-order valence-corrected chi connectivity index (χ3v) is 8.16. The second-order valence-electron chi connectivity index (χ2n) is 9.31. The topological polar surface area (TPSA) is 86.8 Å². The summed E-state index contributed by atoms with van der Waals surface area (Å²) in [5, 5.41) is 3.72. The highest BCUT2D eigenvalue weighted by atomic mass is 35.5.